The number of benzene rings is 1. The number of hydrogen-bond donors (Lipinski definition) is 1. The van der Waals surface area contributed by atoms with Crippen molar-refractivity contribution in [1.82, 2.24) is 14.5 Å². The van der Waals surface area contributed by atoms with E-state index in [1.165, 1.54) is 19.1 Å². The van der Waals surface area contributed by atoms with Crippen LogP contribution in [0.25, 0.3) is 10.9 Å². The minimum Gasteiger partial charge on any atom is -0.330 e. The number of hydrogen-bond acceptors (Lipinski definition) is 3. The first-order valence-electron chi connectivity index (χ1n) is 7.24. The molecule has 1 atom stereocenters. The number of halogens is 3. The molecule has 2 rings (SSSR count). The van der Waals surface area contributed by atoms with Gasteiger partial charge < -0.3 is 9.88 Å². The normalized spacial score (nSPS) is 13.0. The summed E-state index contributed by atoms with van der Waals surface area (Å²) >= 11 is 0. The Labute approximate surface area is 134 Å². The Morgan fingerprint density at radius 1 is 1.29 bits per heavy atom. The Morgan fingerprint density at radius 3 is 2.50 bits per heavy atom. The number of aromatic amines is 1. The molecule has 130 valence electrons. The van der Waals surface area contributed by atoms with Crippen molar-refractivity contribution in [3.8, 4) is 0 Å². The van der Waals surface area contributed by atoms with Crippen LogP contribution in [0.15, 0.2) is 33.9 Å². The molecule has 0 saturated heterocycles. The predicted octanol–water partition coefficient (Wildman–Crippen LogP) is 1.49. The molecule has 1 heterocycles. The van der Waals surface area contributed by atoms with E-state index in [0.717, 1.165) is 6.92 Å². The molecule has 1 unspecified atom stereocenters. The Bertz CT molecular complexity index is 870. The molecule has 1 aromatic carbocycles. The fraction of sp³-hybridized carbons (Fsp3) is 0.400. The van der Waals surface area contributed by atoms with Crippen molar-refractivity contribution in [3.63, 3.8) is 0 Å². The van der Waals surface area contributed by atoms with Crippen LogP contribution in [0.1, 0.15) is 13.8 Å². The fourth-order valence-corrected chi connectivity index (χ4v) is 2.41. The van der Waals surface area contributed by atoms with E-state index in [-0.39, 0.29) is 11.9 Å². The van der Waals surface area contributed by atoms with E-state index >= 15 is 0 Å². The van der Waals surface area contributed by atoms with Gasteiger partial charge in [-0.15, -0.1) is 0 Å². The lowest BCUT2D eigenvalue weighted by molar-refractivity contribution is -0.185. The molecule has 1 N–H and O–H groups in total. The zero-order valence-corrected chi connectivity index (χ0v) is 13.1. The minimum absolute atomic E-state index is 0.178. The molecule has 0 radical (unpaired) electrons. The molecule has 2 aromatic rings. The summed E-state index contributed by atoms with van der Waals surface area (Å²) < 4.78 is 39.1. The second-order valence-electron chi connectivity index (χ2n) is 5.26. The number of alkyl halides is 3. The highest BCUT2D eigenvalue weighted by atomic mass is 19.4. The number of carbonyl (C=O) groups excluding carboxylic acids is 1. The molecular formula is C15H16F3N3O3. The van der Waals surface area contributed by atoms with E-state index in [9.17, 15) is 27.6 Å². The van der Waals surface area contributed by atoms with Gasteiger partial charge in [0, 0.05) is 6.54 Å². The van der Waals surface area contributed by atoms with Gasteiger partial charge in [-0.1, -0.05) is 12.1 Å². The number of amides is 1. The van der Waals surface area contributed by atoms with Crippen molar-refractivity contribution >= 4 is 16.8 Å². The first kappa shape index (κ1) is 17.8. The first-order chi connectivity index (χ1) is 11.2. The van der Waals surface area contributed by atoms with Gasteiger partial charge in [0.05, 0.1) is 10.9 Å². The SMILES string of the molecule is CCN(C(=O)Cn1c(=O)[nH]c2ccccc2c1=O)C(C)C(F)(F)F. The molecule has 0 spiro atoms. The number of nitrogens with one attached hydrogen (secondary N) is 1. The van der Waals surface area contributed by atoms with Crippen LogP contribution in [0.3, 0.4) is 0 Å². The van der Waals surface area contributed by atoms with Crippen LogP contribution in [0, 0.1) is 0 Å². The first-order valence-corrected chi connectivity index (χ1v) is 7.24. The highest BCUT2D eigenvalue weighted by Gasteiger charge is 2.41. The summed E-state index contributed by atoms with van der Waals surface area (Å²) in [4.78, 5) is 39.5. The molecule has 0 fully saturated rings. The molecule has 1 aromatic heterocycles. The monoisotopic (exact) mass is 343 g/mol. The van der Waals surface area contributed by atoms with Crippen molar-refractivity contribution in [1.29, 1.82) is 0 Å². The maximum atomic E-state index is 12.8. The van der Waals surface area contributed by atoms with Gasteiger partial charge in [-0.25, -0.2) is 4.79 Å². The zero-order chi connectivity index (χ0) is 18.1. The van der Waals surface area contributed by atoms with Gasteiger partial charge >= 0.3 is 11.9 Å². The summed E-state index contributed by atoms with van der Waals surface area (Å²) in [6, 6.07) is 4.18. The van der Waals surface area contributed by atoms with E-state index < -0.39 is 35.9 Å². The standard InChI is InChI=1S/C15H16F3N3O3/c1-3-20(9(2)15(16,17)18)12(22)8-21-13(23)10-6-4-5-7-11(10)19-14(21)24/h4-7,9H,3,8H2,1-2H3,(H,19,24). The average molecular weight is 343 g/mol. The molecular weight excluding hydrogens is 327 g/mol. The van der Waals surface area contributed by atoms with Crippen LogP contribution in [-0.2, 0) is 11.3 Å². The maximum absolute atomic E-state index is 12.8. The third-order valence-electron chi connectivity index (χ3n) is 3.79. The zero-order valence-electron chi connectivity index (χ0n) is 13.1. The van der Waals surface area contributed by atoms with Crippen LogP contribution in [0.2, 0.25) is 0 Å². The highest BCUT2D eigenvalue weighted by Crippen LogP contribution is 2.24. The highest BCUT2D eigenvalue weighted by molar-refractivity contribution is 5.79. The molecule has 6 nitrogen and oxygen atoms in total. The van der Waals surface area contributed by atoms with Crippen LogP contribution in [0.4, 0.5) is 13.2 Å². The number of nitrogens with zero attached hydrogens (tertiary/aromatic N) is 2. The number of aromatic nitrogens is 2. The Balaban J connectivity index is 2.40. The lowest BCUT2D eigenvalue weighted by Crippen LogP contribution is -2.50. The second-order valence-corrected chi connectivity index (χ2v) is 5.26. The Kier molecular flexibility index (Phi) is 4.81. The van der Waals surface area contributed by atoms with Crippen molar-refractivity contribution in [2.75, 3.05) is 6.54 Å². The Morgan fingerprint density at radius 2 is 1.92 bits per heavy atom. The quantitative estimate of drug-likeness (QED) is 0.914. The summed E-state index contributed by atoms with van der Waals surface area (Å²) in [6.07, 6.45) is -4.59. The number of rotatable bonds is 4. The summed E-state index contributed by atoms with van der Waals surface area (Å²) in [5.74, 6) is -0.954. The summed E-state index contributed by atoms with van der Waals surface area (Å²) in [7, 11) is 0. The largest absolute Gasteiger partial charge is 0.408 e. The third-order valence-corrected chi connectivity index (χ3v) is 3.79. The van der Waals surface area contributed by atoms with Crippen molar-refractivity contribution in [2.24, 2.45) is 0 Å². The van der Waals surface area contributed by atoms with Gasteiger partial charge in [-0.2, -0.15) is 13.2 Å². The van der Waals surface area contributed by atoms with Crippen molar-refractivity contribution in [3.05, 3.63) is 45.1 Å². The van der Waals surface area contributed by atoms with Gasteiger partial charge in [-0.05, 0) is 26.0 Å². The lowest BCUT2D eigenvalue weighted by atomic mass is 10.2. The van der Waals surface area contributed by atoms with Gasteiger partial charge in [0.15, 0.2) is 0 Å². The smallest absolute Gasteiger partial charge is 0.330 e. The molecule has 24 heavy (non-hydrogen) atoms. The molecule has 9 heteroatoms. The van der Waals surface area contributed by atoms with E-state index in [2.05, 4.69) is 4.98 Å². The molecule has 0 aliphatic rings. The van der Waals surface area contributed by atoms with E-state index in [0.29, 0.717) is 15.0 Å². The van der Waals surface area contributed by atoms with Crippen LogP contribution < -0.4 is 11.2 Å². The fourth-order valence-electron chi connectivity index (χ4n) is 2.41. The number of fused-ring (bicyclic) bond motifs is 1. The number of likely N-dealkylation sites (N-methyl/N-ethyl adjacent to an activating group) is 1. The third kappa shape index (κ3) is 3.34. The number of H-pyrrole nitrogens is 1. The molecule has 0 saturated carbocycles. The van der Waals surface area contributed by atoms with Gasteiger partial charge in [0.2, 0.25) is 5.91 Å². The Hall–Kier alpha value is -2.58. The van der Waals surface area contributed by atoms with E-state index in [4.69, 9.17) is 0 Å². The van der Waals surface area contributed by atoms with Crippen LogP contribution in [-0.4, -0.2) is 39.1 Å². The van der Waals surface area contributed by atoms with E-state index in [1.807, 2.05) is 0 Å². The van der Waals surface area contributed by atoms with Gasteiger partial charge in [0.25, 0.3) is 5.56 Å². The van der Waals surface area contributed by atoms with Crippen LogP contribution >= 0.6 is 0 Å². The van der Waals surface area contributed by atoms with E-state index in [1.54, 1.807) is 12.1 Å². The number of carbonyl (C=O) groups is 1. The summed E-state index contributed by atoms with van der Waals surface area (Å²) in [5, 5.41) is 0.178. The van der Waals surface area contributed by atoms with Crippen LogP contribution in [0.5, 0.6) is 0 Å². The lowest BCUT2D eigenvalue weighted by Gasteiger charge is -2.29. The van der Waals surface area contributed by atoms with Gasteiger partial charge in [-0.3, -0.25) is 14.2 Å². The summed E-state index contributed by atoms with van der Waals surface area (Å²) in [5.41, 5.74) is -1.27. The molecule has 0 aliphatic carbocycles. The summed E-state index contributed by atoms with van der Waals surface area (Å²) in [6.45, 7) is 1.30. The molecule has 1 amide bonds. The van der Waals surface area contributed by atoms with Crippen molar-refractivity contribution < 1.29 is 18.0 Å². The molecule has 0 bridgehead atoms. The van der Waals surface area contributed by atoms with Gasteiger partial charge in [0.1, 0.15) is 12.6 Å². The number of para-hydroxylation sites is 1. The molecule has 0 aliphatic heterocycles. The predicted molar refractivity (Wildman–Crippen MR) is 81.7 cm³/mol. The average Bonchev–Trinajstić information content (AvgIpc) is 2.51. The van der Waals surface area contributed by atoms with Crippen molar-refractivity contribution in [2.45, 2.75) is 32.6 Å². The second kappa shape index (κ2) is 6.50. The maximum Gasteiger partial charge on any atom is 0.408 e. The topological polar surface area (TPSA) is 75.2 Å². The minimum atomic E-state index is -4.59.